The van der Waals surface area contributed by atoms with Gasteiger partial charge in [0, 0.05) is 33.8 Å². The fourth-order valence-corrected chi connectivity index (χ4v) is 2.97. The molecule has 1 aliphatic rings. The van der Waals surface area contributed by atoms with Crippen molar-refractivity contribution in [1.29, 1.82) is 0 Å². The number of fused-ring (bicyclic) bond motifs is 1. The Labute approximate surface area is 137 Å². The van der Waals surface area contributed by atoms with Crippen molar-refractivity contribution in [3.63, 3.8) is 0 Å². The molecule has 0 saturated carbocycles. The largest absolute Gasteiger partial charge is 0.454 e. The molecule has 0 atom stereocenters. The van der Waals surface area contributed by atoms with E-state index in [0.717, 1.165) is 4.90 Å². The highest BCUT2D eigenvalue weighted by Gasteiger charge is 2.14. The van der Waals surface area contributed by atoms with Crippen molar-refractivity contribution in [3.8, 4) is 11.5 Å². The summed E-state index contributed by atoms with van der Waals surface area (Å²) < 4.78 is 10.5. The molecule has 0 fully saturated rings. The lowest BCUT2D eigenvalue weighted by atomic mass is 10.2. The Morgan fingerprint density at radius 2 is 1.91 bits per heavy atom. The van der Waals surface area contributed by atoms with Gasteiger partial charge in [0.05, 0.1) is 0 Å². The number of thioether (sulfide) groups is 1. The zero-order valence-electron chi connectivity index (χ0n) is 11.7. The van der Waals surface area contributed by atoms with E-state index in [0.29, 0.717) is 34.4 Å². The van der Waals surface area contributed by atoms with Gasteiger partial charge in [0.25, 0.3) is 0 Å². The van der Waals surface area contributed by atoms with Gasteiger partial charge in [0.15, 0.2) is 11.5 Å². The van der Waals surface area contributed by atoms with E-state index in [9.17, 15) is 4.79 Å². The average Bonchev–Trinajstić information content (AvgIpc) is 2.97. The van der Waals surface area contributed by atoms with Gasteiger partial charge in [-0.15, -0.1) is 11.8 Å². The maximum Gasteiger partial charge on any atom is 0.231 e. The minimum absolute atomic E-state index is 0.0275. The molecule has 0 radical (unpaired) electrons. The molecule has 1 aliphatic heterocycles. The molecule has 0 aliphatic carbocycles. The number of amides is 1. The van der Waals surface area contributed by atoms with Gasteiger partial charge in [0.1, 0.15) is 0 Å². The number of hydrogen-bond donors (Lipinski definition) is 1. The lowest BCUT2D eigenvalue weighted by Crippen LogP contribution is -2.12. The Kier molecular flexibility index (Phi) is 4.75. The minimum atomic E-state index is -0.0275. The van der Waals surface area contributed by atoms with E-state index in [2.05, 4.69) is 5.32 Å². The lowest BCUT2D eigenvalue weighted by molar-refractivity contribution is -0.115. The van der Waals surface area contributed by atoms with Gasteiger partial charge in [-0.05, 0) is 36.4 Å². The second-order valence-electron chi connectivity index (χ2n) is 4.67. The van der Waals surface area contributed by atoms with Gasteiger partial charge >= 0.3 is 0 Å². The van der Waals surface area contributed by atoms with Crippen molar-refractivity contribution >= 4 is 35.0 Å². The Morgan fingerprint density at radius 3 is 2.73 bits per heavy atom. The van der Waals surface area contributed by atoms with Crippen molar-refractivity contribution in [2.45, 2.75) is 11.3 Å². The van der Waals surface area contributed by atoms with E-state index in [-0.39, 0.29) is 12.7 Å². The third kappa shape index (κ3) is 3.87. The first-order valence-corrected chi connectivity index (χ1v) is 8.15. The Hall–Kier alpha value is -1.85. The molecule has 1 amide bonds. The van der Waals surface area contributed by atoms with Crippen LogP contribution in [0.25, 0.3) is 0 Å². The van der Waals surface area contributed by atoms with E-state index in [1.807, 2.05) is 24.3 Å². The summed E-state index contributed by atoms with van der Waals surface area (Å²) in [6, 6.07) is 12.9. The standard InChI is InChI=1S/C16H14ClNO3S/c17-11-1-4-13(5-2-11)22-8-7-16(19)18-12-3-6-14-15(9-12)21-10-20-14/h1-6,9H,7-8,10H2,(H,18,19). The Balaban J connectivity index is 1.47. The summed E-state index contributed by atoms with van der Waals surface area (Å²) in [4.78, 5) is 13.0. The summed E-state index contributed by atoms with van der Waals surface area (Å²) >= 11 is 7.46. The summed E-state index contributed by atoms with van der Waals surface area (Å²) in [5, 5.41) is 3.57. The second-order valence-corrected chi connectivity index (χ2v) is 6.27. The van der Waals surface area contributed by atoms with E-state index < -0.39 is 0 Å². The monoisotopic (exact) mass is 335 g/mol. The maximum atomic E-state index is 11.9. The predicted octanol–water partition coefficient (Wildman–Crippen LogP) is 4.19. The van der Waals surface area contributed by atoms with Crippen LogP contribution in [-0.2, 0) is 4.79 Å². The molecule has 0 unspecified atom stereocenters. The number of halogens is 1. The third-order valence-electron chi connectivity index (χ3n) is 3.07. The lowest BCUT2D eigenvalue weighted by Gasteiger charge is -2.06. The Bertz CT molecular complexity index is 676. The molecule has 114 valence electrons. The van der Waals surface area contributed by atoms with Gasteiger partial charge < -0.3 is 14.8 Å². The van der Waals surface area contributed by atoms with Crippen LogP contribution in [0.2, 0.25) is 5.02 Å². The maximum absolute atomic E-state index is 11.9. The number of benzene rings is 2. The van der Waals surface area contributed by atoms with Crippen molar-refractivity contribution < 1.29 is 14.3 Å². The molecule has 3 rings (SSSR count). The molecule has 1 heterocycles. The molecular formula is C16H14ClNO3S. The summed E-state index contributed by atoms with van der Waals surface area (Å²) in [6.07, 6.45) is 0.432. The van der Waals surface area contributed by atoms with Gasteiger partial charge in [-0.25, -0.2) is 0 Å². The SMILES string of the molecule is O=C(CCSc1ccc(Cl)cc1)Nc1ccc2c(c1)OCO2. The van der Waals surface area contributed by atoms with Crippen LogP contribution in [0.3, 0.4) is 0 Å². The van der Waals surface area contributed by atoms with Crippen LogP contribution in [0, 0.1) is 0 Å². The first-order valence-electron chi connectivity index (χ1n) is 6.78. The summed E-state index contributed by atoms with van der Waals surface area (Å²) in [7, 11) is 0. The van der Waals surface area contributed by atoms with Crippen LogP contribution in [0.1, 0.15) is 6.42 Å². The van der Waals surface area contributed by atoms with Crippen molar-refractivity contribution in [2.24, 2.45) is 0 Å². The topological polar surface area (TPSA) is 47.6 Å². The molecule has 2 aromatic rings. The molecule has 4 nitrogen and oxygen atoms in total. The number of hydrogen-bond acceptors (Lipinski definition) is 4. The van der Waals surface area contributed by atoms with E-state index >= 15 is 0 Å². The molecule has 0 saturated heterocycles. The summed E-state index contributed by atoms with van der Waals surface area (Å²) in [5.74, 6) is 2.04. The molecule has 1 N–H and O–H groups in total. The van der Waals surface area contributed by atoms with Gasteiger partial charge in [0.2, 0.25) is 12.7 Å². The van der Waals surface area contributed by atoms with Crippen LogP contribution in [0.5, 0.6) is 11.5 Å². The first kappa shape index (κ1) is 15.1. The van der Waals surface area contributed by atoms with Crippen LogP contribution in [-0.4, -0.2) is 18.5 Å². The quantitative estimate of drug-likeness (QED) is 0.832. The number of nitrogens with one attached hydrogen (secondary N) is 1. The van der Waals surface area contributed by atoms with Gasteiger partial charge in [-0.1, -0.05) is 11.6 Å². The molecule has 22 heavy (non-hydrogen) atoms. The van der Waals surface area contributed by atoms with E-state index in [1.165, 1.54) is 0 Å². The van der Waals surface area contributed by atoms with Crippen LogP contribution < -0.4 is 14.8 Å². The molecule has 0 aromatic heterocycles. The minimum Gasteiger partial charge on any atom is -0.454 e. The van der Waals surface area contributed by atoms with E-state index in [1.54, 1.807) is 30.0 Å². The normalized spacial score (nSPS) is 12.2. The van der Waals surface area contributed by atoms with Crippen LogP contribution in [0.4, 0.5) is 5.69 Å². The van der Waals surface area contributed by atoms with E-state index in [4.69, 9.17) is 21.1 Å². The second kappa shape index (κ2) is 6.94. The number of carbonyl (C=O) groups is 1. The number of anilines is 1. The summed E-state index contributed by atoms with van der Waals surface area (Å²) in [6.45, 7) is 0.227. The zero-order chi connectivity index (χ0) is 15.4. The van der Waals surface area contributed by atoms with Gasteiger partial charge in [-0.3, -0.25) is 4.79 Å². The number of ether oxygens (including phenoxy) is 2. The highest BCUT2D eigenvalue weighted by Crippen LogP contribution is 2.34. The smallest absolute Gasteiger partial charge is 0.231 e. The molecular weight excluding hydrogens is 322 g/mol. The molecule has 2 aromatic carbocycles. The van der Waals surface area contributed by atoms with Crippen molar-refractivity contribution in [1.82, 2.24) is 0 Å². The highest BCUT2D eigenvalue weighted by atomic mass is 35.5. The molecule has 0 bridgehead atoms. The fraction of sp³-hybridized carbons (Fsp3) is 0.188. The average molecular weight is 336 g/mol. The Morgan fingerprint density at radius 1 is 1.14 bits per heavy atom. The predicted molar refractivity (Wildman–Crippen MR) is 88.0 cm³/mol. The van der Waals surface area contributed by atoms with Crippen molar-refractivity contribution in [2.75, 3.05) is 17.9 Å². The van der Waals surface area contributed by atoms with Gasteiger partial charge in [-0.2, -0.15) is 0 Å². The van der Waals surface area contributed by atoms with Crippen LogP contribution in [0.15, 0.2) is 47.4 Å². The van der Waals surface area contributed by atoms with Crippen LogP contribution >= 0.6 is 23.4 Å². The molecule has 6 heteroatoms. The third-order valence-corrected chi connectivity index (χ3v) is 4.33. The first-order chi connectivity index (χ1) is 10.7. The summed E-state index contributed by atoms with van der Waals surface area (Å²) in [5.41, 5.74) is 0.714. The van der Waals surface area contributed by atoms with Crippen molar-refractivity contribution in [3.05, 3.63) is 47.5 Å². The zero-order valence-corrected chi connectivity index (χ0v) is 13.2. The highest BCUT2D eigenvalue weighted by molar-refractivity contribution is 7.99. The number of rotatable bonds is 5. The fourth-order valence-electron chi connectivity index (χ4n) is 1.99. The number of carbonyl (C=O) groups excluding carboxylic acids is 1. The molecule has 0 spiro atoms.